The number of anilines is 1. The fourth-order valence-electron chi connectivity index (χ4n) is 1.98. The molecule has 0 bridgehead atoms. The maximum Gasteiger partial charge on any atom is 0.150 e. The molecule has 0 aliphatic heterocycles. The highest BCUT2D eigenvalue weighted by atomic mass is 35.5. The average molecular weight is 322 g/mol. The van der Waals surface area contributed by atoms with E-state index in [1.54, 1.807) is 6.07 Å². The lowest BCUT2D eigenvalue weighted by atomic mass is 9.87. The first kappa shape index (κ1) is 16.1. The highest BCUT2D eigenvalue weighted by Crippen LogP contribution is 2.24. The third-order valence-electron chi connectivity index (χ3n) is 3.33. The lowest BCUT2D eigenvalue weighted by molar-refractivity contribution is 0.589. The van der Waals surface area contributed by atoms with Crippen LogP contribution < -0.4 is 4.72 Å². The van der Waals surface area contributed by atoms with Crippen molar-refractivity contribution in [1.29, 1.82) is 0 Å². The van der Waals surface area contributed by atoms with Crippen molar-refractivity contribution in [1.82, 2.24) is 0 Å². The molecule has 2 nitrogen and oxygen atoms in total. The van der Waals surface area contributed by atoms with Crippen LogP contribution in [0.15, 0.2) is 47.4 Å². The average Bonchev–Trinajstić information content (AvgIpc) is 2.41. The highest BCUT2D eigenvalue weighted by molar-refractivity contribution is 7.86. The van der Waals surface area contributed by atoms with Gasteiger partial charge in [0.2, 0.25) is 0 Å². The van der Waals surface area contributed by atoms with Gasteiger partial charge >= 0.3 is 0 Å². The minimum atomic E-state index is -1.28. The van der Waals surface area contributed by atoms with Crippen LogP contribution in [0.5, 0.6) is 0 Å². The van der Waals surface area contributed by atoms with Gasteiger partial charge < -0.3 is 4.72 Å². The van der Waals surface area contributed by atoms with Gasteiger partial charge in [0, 0.05) is 10.7 Å². The Morgan fingerprint density at radius 3 is 2.19 bits per heavy atom. The Kier molecular flexibility index (Phi) is 4.74. The van der Waals surface area contributed by atoms with Gasteiger partial charge in [-0.05, 0) is 53.8 Å². The molecular weight excluding hydrogens is 302 g/mol. The van der Waals surface area contributed by atoms with Crippen LogP contribution in [0.25, 0.3) is 0 Å². The molecule has 0 aliphatic rings. The van der Waals surface area contributed by atoms with Crippen LogP contribution in [0.4, 0.5) is 5.69 Å². The van der Waals surface area contributed by atoms with Crippen molar-refractivity contribution < 1.29 is 4.21 Å². The molecule has 0 fully saturated rings. The van der Waals surface area contributed by atoms with Gasteiger partial charge in [0.05, 0.1) is 4.90 Å². The molecule has 112 valence electrons. The summed E-state index contributed by atoms with van der Waals surface area (Å²) in [5, 5.41) is 0.679. The monoisotopic (exact) mass is 321 g/mol. The van der Waals surface area contributed by atoms with Gasteiger partial charge in [-0.1, -0.05) is 44.5 Å². The Morgan fingerprint density at radius 1 is 1.05 bits per heavy atom. The summed E-state index contributed by atoms with van der Waals surface area (Å²) in [5.74, 6) is 0. The van der Waals surface area contributed by atoms with Crippen LogP contribution in [0.2, 0.25) is 5.02 Å². The zero-order chi connectivity index (χ0) is 15.6. The summed E-state index contributed by atoms with van der Waals surface area (Å²) in [6, 6.07) is 13.4. The summed E-state index contributed by atoms with van der Waals surface area (Å²) in [4.78, 5) is 0.761. The van der Waals surface area contributed by atoms with Crippen molar-refractivity contribution in [3.63, 3.8) is 0 Å². The van der Waals surface area contributed by atoms with E-state index in [0.717, 1.165) is 16.1 Å². The van der Waals surface area contributed by atoms with E-state index >= 15 is 0 Å². The Hall–Kier alpha value is -1.32. The Labute approximate surface area is 134 Å². The predicted octanol–water partition coefficient (Wildman–Crippen LogP) is 5.08. The molecule has 0 amide bonds. The number of rotatable bonds is 3. The zero-order valence-corrected chi connectivity index (χ0v) is 14.3. The van der Waals surface area contributed by atoms with Crippen LogP contribution in [0.3, 0.4) is 0 Å². The summed E-state index contributed by atoms with van der Waals surface area (Å²) in [7, 11) is -1.28. The third kappa shape index (κ3) is 4.08. The third-order valence-corrected chi connectivity index (χ3v) is 4.67. The molecule has 4 heteroatoms. The molecule has 2 aromatic carbocycles. The minimum absolute atomic E-state index is 0.0974. The summed E-state index contributed by atoms with van der Waals surface area (Å²) in [6.07, 6.45) is 0. The number of aryl methyl sites for hydroxylation is 1. The highest BCUT2D eigenvalue weighted by Gasteiger charge is 2.14. The lowest BCUT2D eigenvalue weighted by Gasteiger charge is -2.19. The van der Waals surface area contributed by atoms with E-state index in [9.17, 15) is 4.21 Å². The predicted molar refractivity (Wildman–Crippen MR) is 91.4 cm³/mol. The van der Waals surface area contributed by atoms with E-state index in [4.69, 9.17) is 11.6 Å². The molecular formula is C17H20ClNOS. The SMILES string of the molecule is Cc1cc(Cl)ccc1NS(=O)c1ccc(C(C)(C)C)cc1. The van der Waals surface area contributed by atoms with Gasteiger partial charge in [-0.3, -0.25) is 0 Å². The largest absolute Gasteiger partial charge is 0.301 e. The zero-order valence-electron chi connectivity index (χ0n) is 12.7. The van der Waals surface area contributed by atoms with Crippen molar-refractivity contribution in [3.05, 3.63) is 58.6 Å². The first-order valence-electron chi connectivity index (χ1n) is 6.82. The van der Waals surface area contributed by atoms with Gasteiger partial charge in [-0.25, -0.2) is 4.21 Å². The second-order valence-corrected chi connectivity index (χ2v) is 7.75. The number of hydrogen-bond donors (Lipinski definition) is 1. The van der Waals surface area contributed by atoms with E-state index in [2.05, 4.69) is 25.5 Å². The molecule has 0 saturated heterocycles. The number of benzene rings is 2. The molecule has 1 unspecified atom stereocenters. The van der Waals surface area contributed by atoms with E-state index in [-0.39, 0.29) is 5.41 Å². The maximum atomic E-state index is 12.4. The van der Waals surface area contributed by atoms with E-state index in [1.807, 2.05) is 43.3 Å². The molecule has 1 atom stereocenters. The van der Waals surface area contributed by atoms with Crippen molar-refractivity contribution in [2.45, 2.75) is 38.0 Å². The maximum absolute atomic E-state index is 12.4. The number of nitrogens with one attached hydrogen (secondary N) is 1. The lowest BCUT2D eigenvalue weighted by Crippen LogP contribution is -2.11. The first-order valence-corrected chi connectivity index (χ1v) is 8.35. The molecule has 21 heavy (non-hydrogen) atoms. The minimum Gasteiger partial charge on any atom is -0.301 e. The van der Waals surface area contributed by atoms with Crippen LogP contribution in [0, 0.1) is 6.92 Å². The Balaban J connectivity index is 2.17. The number of hydrogen-bond acceptors (Lipinski definition) is 1. The molecule has 0 aromatic heterocycles. The molecule has 2 aromatic rings. The topological polar surface area (TPSA) is 29.1 Å². The smallest absolute Gasteiger partial charge is 0.150 e. The van der Waals surface area contributed by atoms with Crippen LogP contribution in [-0.4, -0.2) is 4.21 Å². The molecule has 1 N–H and O–H groups in total. The van der Waals surface area contributed by atoms with E-state index in [1.165, 1.54) is 5.56 Å². The van der Waals surface area contributed by atoms with Gasteiger partial charge in [-0.15, -0.1) is 0 Å². The molecule has 2 rings (SSSR count). The molecule has 0 aliphatic carbocycles. The quantitative estimate of drug-likeness (QED) is 0.839. The molecule has 0 saturated carbocycles. The van der Waals surface area contributed by atoms with Crippen LogP contribution in [0.1, 0.15) is 31.9 Å². The van der Waals surface area contributed by atoms with Crippen LogP contribution >= 0.6 is 11.6 Å². The van der Waals surface area contributed by atoms with Gasteiger partial charge in [0.15, 0.2) is 0 Å². The summed E-state index contributed by atoms with van der Waals surface area (Å²) in [5.41, 5.74) is 3.13. The van der Waals surface area contributed by atoms with Crippen LogP contribution in [-0.2, 0) is 16.4 Å². The Morgan fingerprint density at radius 2 is 1.67 bits per heavy atom. The van der Waals surface area contributed by atoms with Crippen molar-refractivity contribution in [2.24, 2.45) is 0 Å². The van der Waals surface area contributed by atoms with Crippen molar-refractivity contribution >= 4 is 28.3 Å². The van der Waals surface area contributed by atoms with Gasteiger partial charge in [0.1, 0.15) is 11.0 Å². The summed E-state index contributed by atoms with van der Waals surface area (Å²) in [6.45, 7) is 8.42. The summed E-state index contributed by atoms with van der Waals surface area (Å²) < 4.78 is 15.4. The van der Waals surface area contributed by atoms with Gasteiger partial charge in [-0.2, -0.15) is 0 Å². The molecule has 0 spiro atoms. The number of halogens is 1. The van der Waals surface area contributed by atoms with E-state index in [0.29, 0.717) is 5.02 Å². The summed E-state index contributed by atoms with van der Waals surface area (Å²) >= 11 is 5.93. The van der Waals surface area contributed by atoms with E-state index < -0.39 is 11.0 Å². The van der Waals surface area contributed by atoms with Crippen molar-refractivity contribution in [2.75, 3.05) is 4.72 Å². The molecule has 0 heterocycles. The first-order chi connectivity index (χ1) is 9.77. The van der Waals surface area contributed by atoms with Crippen molar-refractivity contribution in [3.8, 4) is 0 Å². The fraction of sp³-hybridized carbons (Fsp3) is 0.294. The fourth-order valence-corrected chi connectivity index (χ4v) is 3.14. The normalized spacial score (nSPS) is 13.0. The standard InChI is InChI=1S/C17H20ClNOS/c1-12-11-14(18)7-10-16(12)19-21(20)15-8-5-13(6-9-15)17(2,3)4/h5-11,19H,1-4H3. The second-order valence-electron chi connectivity index (χ2n) is 6.10. The molecule has 0 radical (unpaired) electrons. The van der Waals surface area contributed by atoms with Gasteiger partial charge in [0.25, 0.3) is 0 Å². The second kappa shape index (κ2) is 6.20. The Bertz CT molecular complexity index is 659.